The van der Waals surface area contributed by atoms with E-state index in [1.807, 2.05) is 4.90 Å². The van der Waals surface area contributed by atoms with Crippen LogP contribution in [0.4, 0.5) is 4.39 Å². The highest BCUT2D eigenvalue weighted by atomic mass is 19.1. The third-order valence-corrected chi connectivity index (χ3v) is 4.39. The topological polar surface area (TPSA) is 58.4 Å². The van der Waals surface area contributed by atoms with Crippen molar-refractivity contribution < 1.29 is 13.6 Å². The maximum absolute atomic E-state index is 13.3. The van der Waals surface area contributed by atoms with Crippen molar-refractivity contribution in [2.75, 3.05) is 19.6 Å². The third-order valence-electron chi connectivity index (χ3n) is 4.39. The zero-order valence-corrected chi connectivity index (χ0v) is 13.8. The molecule has 0 spiro atoms. The predicted octanol–water partition coefficient (Wildman–Crippen LogP) is 3.07. The molecule has 1 fully saturated rings. The van der Waals surface area contributed by atoms with Gasteiger partial charge in [-0.05, 0) is 43.3 Å². The van der Waals surface area contributed by atoms with E-state index in [-0.39, 0.29) is 11.7 Å². The van der Waals surface area contributed by atoms with Gasteiger partial charge in [0.25, 0.3) is 5.91 Å². The lowest BCUT2D eigenvalue weighted by atomic mass is 10.1. The number of aromatic nitrogens is 1. The fourth-order valence-corrected chi connectivity index (χ4v) is 3.08. The highest BCUT2D eigenvalue weighted by Gasteiger charge is 2.21. The summed E-state index contributed by atoms with van der Waals surface area (Å²) in [6, 6.07) is 11.7. The quantitative estimate of drug-likeness (QED) is 0.779. The normalized spacial score (nSPS) is 17.8. The molecule has 1 aliphatic heterocycles. The van der Waals surface area contributed by atoms with E-state index in [4.69, 9.17) is 4.42 Å². The van der Waals surface area contributed by atoms with Gasteiger partial charge in [-0.1, -0.05) is 0 Å². The fourth-order valence-electron chi connectivity index (χ4n) is 3.08. The van der Waals surface area contributed by atoms with Crippen LogP contribution in [0.3, 0.4) is 0 Å². The summed E-state index contributed by atoms with van der Waals surface area (Å²) in [7, 11) is 0. The second kappa shape index (κ2) is 6.29. The Morgan fingerprint density at radius 2 is 2.08 bits per heavy atom. The lowest BCUT2D eigenvalue weighted by Gasteiger charge is -2.32. The molecule has 25 heavy (non-hydrogen) atoms. The van der Waals surface area contributed by atoms with Gasteiger partial charge in [0.05, 0.1) is 0 Å². The van der Waals surface area contributed by atoms with Crippen LogP contribution in [0.25, 0.3) is 22.6 Å². The minimum atomic E-state index is -0.360. The standard InChI is InChI=1S/C19H18FN3O2/c1-12-11-23(9-8-21-12)19(24)14-4-2-13(3-5-14)18-22-16-7-6-15(20)10-17(16)25-18/h2-7,10,12,21H,8-9,11H2,1H3. The van der Waals surface area contributed by atoms with E-state index >= 15 is 0 Å². The number of carbonyl (C=O) groups is 1. The fraction of sp³-hybridized carbons (Fsp3) is 0.263. The van der Waals surface area contributed by atoms with E-state index in [0.717, 1.165) is 12.1 Å². The molecule has 1 aliphatic rings. The number of halogens is 1. The number of hydrogen-bond donors (Lipinski definition) is 1. The summed E-state index contributed by atoms with van der Waals surface area (Å²) < 4.78 is 18.9. The number of fused-ring (bicyclic) bond motifs is 1. The Bertz CT molecular complexity index is 920. The van der Waals surface area contributed by atoms with Gasteiger partial charge in [-0.15, -0.1) is 0 Å². The molecule has 4 rings (SSSR count). The van der Waals surface area contributed by atoms with Crippen molar-refractivity contribution in [2.45, 2.75) is 13.0 Å². The number of nitrogens with one attached hydrogen (secondary N) is 1. The second-order valence-electron chi connectivity index (χ2n) is 6.31. The molecule has 0 saturated carbocycles. The van der Waals surface area contributed by atoms with Crippen molar-refractivity contribution in [3.05, 3.63) is 53.8 Å². The van der Waals surface area contributed by atoms with Crippen molar-refractivity contribution in [3.8, 4) is 11.5 Å². The summed E-state index contributed by atoms with van der Waals surface area (Å²) in [5, 5.41) is 3.32. The highest BCUT2D eigenvalue weighted by Crippen LogP contribution is 2.25. The average molecular weight is 339 g/mol. The van der Waals surface area contributed by atoms with Gasteiger partial charge < -0.3 is 14.6 Å². The smallest absolute Gasteiger partial charge is 0.253 e. The van der Waals surface area contributed by atoms with Gasteiger partial charge in [0.2, 0.25) is 5.89 Å². The SMILES string of the molecule is CC1CN(C(=O)c2ccc(-c3nc4ccc(F)cc4o3)cc2)CCN1. The molecule has 6 heteroatoms. The summed E-state index contributed by atoms with van der Waals surface area (Å²) in [6.07, 6.45) is 0. The van der Waals surface area contributed by atoms with Gasteiger partial charge in [0, 0.05) is 42.9 Å². The van der Waals surface area contributed by atoms with Gasteiger partial charge in [-0.2, -0.15) is 0 Å². The Hall–Kier alpha value is -2.73. The molecule has 5 nitrogen and oxygen atoms in total. The second-order valence-corrected chi connectivity index (χ2v) is 6.31. The maximum Gasteiger partial charge on any atom is 0.253 e. The summed E-state index contributed by atoms with van der Waals surface area (Å²) in [4.78, 5) is 18.8. The van der Waals surface area contributed by atoms with Crippen LogP contribution in [0, 0.1) is 5.82 Å². The number of rotatable bonds is 2. The first-order valence-electron chi connectivity index (χ1n) is 8.29. The van der Waals surface area contributed by atoms with Crippen LogP contribution in [0.1, 0.15) is 17.3 Å². The Kier molecular flexibility index (Phi) is 3.97. The Morgan fingerprint density at radius 3 is 2.84 bits per heavy atom. The number of benzene rings is 2. The van der Waals surface area contributed by atoms with E-state index in [1.54, 1.807) is 30.3 Å². The number of hydrogen-bond acceptors (Lipinski definition) is 4. The number of oxazole rings is 1. The number of carbonyl (C=O) groups excluding carboxylic acids is 1. The number of piperazine rings is 1. The van der Waals surface area contributed by atoms with Crippen LogP contribution in [-0.2, 0) is 0 Å². The monoisotopic (exact) mass is 339 g/mol. The van der Waals surface area contributed by atoms with Crippen molar-refractivity contribution in [3.63, 3.8) is 0 Å². The molecule has 0 aliphatic carbocycles. The molecule has 3 aromatic rings. The minimum absolute atomic E-state index is 0.0273. The van der Waals surface area contributed by atoms with Crippen LogP contribution in [-0.4, -0.2) is 41.5 Å². The van der Waals surface area contributed by atoms with Crippen molar-refractivity contribution in [1.29, 1.82) is 0 Å². The Labute approximate surface area is 144 Å². The zero-order chi connectivity index (χ0) is 17.4. The van der Waals surface area contributed by atoms with Crippen LogP contribution < -0.4 is 5.32 Å². The van der Waals surface area contributed by atoms with Gasteiger partial charge >= 0.3 is 0 Å². The molecule has 1 amide bonds. The molecular weight excluding hydrogens is 321 g/mol. The number of amides is 1. The van der Waals surface area contributed by atoms with Crippen molar-refractivity contribution in [1.82, 2.24) is 15.2 Å². The zero-order valence-electron chi connectivity index (χ0n) is 13.8. The largest absolute Gasteiger partial charge is 0.436 e. The molecule has 1 saturated heterocycles. The van der Waals surface area contributed by atoms with E-state index in [2.05, 4.69) is 17.2 Å². The molecule has 2 aromatic carbocycles. The maximum atomic E-state index is 13.3. The van der Waals surface area contributed by atoms with E-state index < -0.39 is 0 Å². The first-order valence-corrected chi connectivity index (χ1v) is 8.29. The summed E-state index contributed by atoms with van der Waals surface area (Å²) in [6.45, 7) is 4.29. The number of nitrogens with zero attached hydrogens (tertiary/aromatic N) is 2. The Morgan fingerprint density at radius 1 is 1.28 bits per heavy atom. The van der Waals surface area contributed by atoms with E-state index in [9.17, 15) is 9.18 Å². The van der Waals surface area contributed by atoms with E-state index in [1.165, 1.54) is 12.1 Å². The lowest BCUT2D eigenvalue weighted by molar-refractivity contribution is 0.0709. The van der Waals surface area contributed by atoms with Crippen LogP contribution in [0.15, 0.2) is 46.9 Å². The van der Waals surface area contributed by atoms with Crippen LogP contribution in [0.2, 0.25) is 0 Å². The van der Waals surface area contributed by atoms with Gasteiger partial charge in [-0.3, -0.25) is 4.79 Å². The molecule has 0 bridgehead atoms. The molecule has 0 radical (unpaired) electrons. The molecule has 1 atom stereocenters. The van der Waals surface area contributed by atoms with Gasteiger partial charge in [0.1, 0.15) is 11.3 Å². The molecular formula is C19H18FN3O2. The van der Waals surface area contributed by atoms with E-state index in [0.29, 0.717) is 41.7 Å². The van der Waals surface area contributed by atoms with Crippen LogP contribution >= 0.6 is 0 Å². The summed E-state index contributed by atoms with van der Waals surface area (Å²) in [5.41, 5.74) is 2.40. The first kappa shape index (κ1) is 15.8. The Balaban J connectivity index is 1.57. The minimum Gasteiger partial charge on any atom is -0.436 e. The van der Waals surface area contributed by atoms with Crippen molar-refractivity contribution >= 4 is 17.0 Å². The summed E-state index contributed by atoms with van der Waals surface area (Å²) >= 11 is 0. The van der Waals surface area contributed by atoms with Crippen molar-refractivity contribution in [2.24, 2.45) is 0 Å². The predicted molar refractivity (Wildman–Crippen MR) is 92.8 cm³/mol. The average Bonchev–Trinajstić information content (AvgIpc) is 3.04. The molecule has 128 valence electrons. The molecule has 1 unspecified atom stereocenters. The summed E-state index contributed by atoms with van der Waals surface area (Å²) in [5.74, 6) is 0.0799. The van der Waals surface area contributed by atoms with Gasteiger partial charge in [0.15, 0.2) is 5.58 Å². The van der Waals surface area contributed by atoms with Gasteiger partial charge in [-0.25, -0.2) is 9.37 Å². The molecule has 2 heterocycles. The van der Waals surface area contributed by atoms with Crippen LogP contribution in [0.5, 0.6) is 0 Å². The first-order chi connectivity index (χ1) is 12.1. The lowest BCUT2D eigenvalue weighted by Crippen LogP contribution is -2.51. The third kappa shape index (κ3) is 3.13. The molecule has 1 aromatic heterocycles. The highest BCUT2D eigenvalue weighted by molar-refractivity contribution is 5.94. The molecule has 1 N–H and O–H groups in total.